The first kappa shape index (κ1) is 17.0. The minimum absolute atomic E-state index is 0.103. The maximum Gasteiger partial charge on any atom is 0.247 e. The Balaban J connectivity index is 1.51. The minimum Gasteiger partial charge on any atom is -0.361 e. The van der Waals surface area contributed by atoms with E-state index in [0.29, 0.717) is 24.9 Å². The van der Waals surface area contributed by atoms with Crippen LogP contribution in [-0.4, -0.2) is 15.5 Å². The first-order chi connectivity index (χ1) is 13.3. The number of hydrogen-bond donors (Lipinski definition) is 1. The molecule has 0 aliphatic rings. The largest absolute Gasteiger partial charge is 0.361 e. The molecule has 4 aromatic rings. The minimum atomic E-state index is -0.103. The number of hydrogen-bond acceptors (Lipinski definition) is 1. The molecule has 0 saturated carbocycles. The summed E-state index contributed by atoms with van der Waals surface area (Å²) in [5, 5.41) is 1.17. The van der Waals surface area contributed by atoms with E-state index in [1.807, 2.05) is 71.6 Å². The van der Waals surface area contributed by atoms with Gasteiger partial charge in [0.25, 0.3) is 0 Å². The number of fused-ring (bicyclic) bond motifs is 1. The van der Waals surface area contributed by atoms with Gasteiger partial charge < -0.3 is 9.55 Å². The Morgan fingerprint density at radius 2 is 1.70 bits per heavy atom. The molecule has 0 radical (unpaired) electrons. The zero-order chi connectivity index (χ0) is 18.5. The quantitative estimate of drug-likeness (QED) is 0.576. The Morgan fingerprint density at radius 1 is 0.926 bits per heavy atom. The van der Waals surface area contributed by atoms with E-state index in [2.05, 4.69) is 28.2 Å². The lowest BCUT2D eigenvalue weighted by Crippen LogP contribution is -2.22. The van der Waals surface area contributed by atoms with Gasteiger partial charge in [-0.1, -0.05) is 54.6 Å². The highest BCUT2D eigenvalue weighted by molar-refractivity contribution is 5.84. The molecule has 1 N–H and O–H groups in total. The summed E-state index contributed by atoms with van der Waals surface area (Å²) >= 11 is 0. The lowest BCUT2D eigenvalue weighted by atomic mass is 10.1. The molecule has 0 atom stereocenters. The molecule has 0 bridgehead atoms. The summed E-state index contributed by atoms with van der Waals surface area (Å²) in [6.45, 7) is 0.691. The third-order valence-corrected chi connectivity index (χ3v) is 4.63. The SMILES string of the molecule is O=C(CCc1c[nH]c2ccccc12)N=c1ccccn1Cc1ccccc1. The molecule has 4 rings (SSSR count). The standard InChI is InChI=1S/C23H21N3O/c27-23(14-13-19-16-24-21-11-5-4-10-20(19)21)25-22-12-6-7-15-26(22)17-18-8-2-1-3-9-18/h1-12,15-16,24H,13-14,17H2. The summed E-state index contributed by atoms with van der Waals surface area (Å²) in [7, 11) is 0. The molecule has 2 aromatic heterocycles. The summed E-state index contributed by atoms with van der Waals surface area (Å²) in [4.78, 5) is 20.1. The van der Waals surface area contributed by atoms with Crippen LogP contribution in [0.4, 0.5) is 0 Å². The topological polar surface area (TPSA) is 50.1 Å². The van der Waals surface area contributed by atoms with E-state index in [1.54, 1.807) is 0 Å². The number of benzene rings is 2. The van der Waals surface area contributed by atoms with Gasteiger partial charge in [-0.2, -0.15) is 4.99 Å². The van der Waals surface area contributed by atoms with E-state index in [9.17, 15) is 4.79 Å². The number of nitrogens with zero attached hydrogens (tertiary/aromatic N) is 2. The maximum atomic E-state index is 12.5. The number of para-hydroxylation sites is 1. The number of carbonyl (C=O) groups excluding carboxylic acids is 1. The summed E-state index contributed by atoms with van der Waals surface area (Å²) in [6.07, 6.45) is 5.01. The van der Waals surface area contributed by atoms with E-state index in [4.69, 9.17) is 0 Å². The zero-order valence-electron chi connectivity index (χ0n) is 15.0. The van der Waals surface area contributed by atoms with Crippen LogP contribution in [0.25, 0.3) is 10.9 Å². The number of aryl methyl sites for hydroxylation is 1. The Kier molecular flexibility index (Phi) is 4.97. The molecular weight excluding hydrogens is 334 g/mol. The molecule has 0 spiro atoms. The normalized spacial score (nSPS) is 11.8. The monoisotopic (exact) mass is 355 g/mol. The summed E-state index contributed by atoms with van der Waals surface area (Å²) < 4.78 is 2.00. The maximum absolute atomic E-state index is 12.5. The smallest absolute Gasteiger partial charge is 0.247 e. The van der Waals surface area contributed by atoms with Crippen LogP contribution in [0.15, 0.2) is 90.2 Å². The summed E-state index contributed by atoms with van der Waals surface area (Å²) in [5.74, 6) is -0.103. The number of aromatic amines is 1. The molecule has 2 heterocycles. The fourth-order valence-corrected chi connectivity index (χ4v) is 3.25. The van der Waals surface area contributed by atoms with Gasteiger partial charge in [-0.05, 0) is 35.7 Å². The van der Waals surface area contributed by atoms with Crippen LogP contribution in [0.3, 0.4) is 0 Å². The number of carbonyl (C=O) groups is 1. The van der Waals surface area contributed by atoms with Gasteiger partial charge in [0, 0.05) is 36.3 Å². The lowest BCUT2D eigenvalue weighted by molar-refractivity contribution is -0.118. The number of nitrogens with one attached hydrogen (secondary N) is 1. The molecule has 4 nitrogen and oxygen atoms in total. The van der Waals surface area contributed by atoms with Crippen molar-refractivity contribution in [3.8, 4) is 0 Å². The van der Waals surface area contributed by atoms with Crippen LogP contribution in [-0.2, 0) is 17.8 Å². The van der Waals surface area contributed by atoms with Gasteiger partial charge in [0.2, 0.25) is 5.91 Å². The van der Waals surface area contributed by atoms with Crippen molar-refractivity contribution in [2.75, 3.05) is 0 Å². The van der Waals surface area contributed by atoms with E-state index >= 15 is 0 Å². The molecule has 2 aromatic carbocycles. The van der Waals surface area contributed by atoms with Crippen molar-refractivity contribution < 1.29 is 4.79 Å². The van der Waals surface area contributed by atoms with E-state index in [0.717, 1.165) is 11.1 Å². The molecule has 4 heteroatoms. The Hall–Kier alpha value is -3.40. The molecule has 0 aliphatic carbocycles. The van der Waals surface area contributed by atoms with Crippen molar-refractivity contribution in [3.63, 3.8) is 0 Å². The van der Waals surface area contributed by atoms with Crippen LogP contribution < -0.4 is 5.49 Å². The predicted molar refractivity (Wildman–Crippen MR) is 107 cm³/mol. The number of pyridine rings is 1. The zero-order valence-corrected chi connectivity index (χ0v) is 15.0. The molecule has 0 fully saturated rings. The predicted octanol–water partition coefficient (Wildman–Crippen LogP) is 4.08. The number of aromatic nitrogens is 2. The van der Waals surface area contributed by atoms with Gasteiger partial charge in [0.1, 0.15) is 5.49 Å². The Labute approximate surface area is 157 Å². The van der Waals surface area contributed by atoms with Gasteiger partial charge in [-0.15, -0.1) is 0 Å². The van der Waals surface area contributed by atoms with Crippen LogP contribution >= 0.6 is 0 Å². The van der Waals surface area contributed by atoms with Crippen LogP contribution in [0.5, 0.6) is 0 Å². The lowest BCUT2D eigenvalue weighted by Gasteiger charge is -2.07. The van der Waals surface area contributed by atoms with E-state index < -0.39 is 0 Å². The highest BCUT2D eigenvalue weighted by Gasteiger charge is 2.06. The fourth-order valence-electron chi connectivity index (χ4n) is 3.25. The third kappa shape index (κ3) is 4.06. The number of H-pyrrole nitrogens is 1. The van der Waals surface area contributed by atoms with Gasteiger partial charge in [0.15, 0.2) is 0 Å². The first-order valence-electron chi connectivity index (χ1n) is 9.11. The van der Waals surface area contributed by atoms with Crippen molar-refractivity contribution >= 4 is 16.8 Å². The molecule has 0 aliphatic heterocycles. The van der Waals surface area contributed by atoms with Crippen molar-refractivity contribution in [2.45, 2.75) is 19.4 Å². The van der Waals surface area contributed by atoms with Crippen molar-refractivity contribution in [2.24, 2.45) is 4.99 Å². The molecule has 1 amide bonds. The third-order valence-electron chi connectivity index (χ3n) is 4.63. The van der Waals surface area contributed by atoms with Crippen LogP contribution in [0, 0.1) is 0 Å². The number of rotatable bonds is 5. The molecule has 0 unspecified atom stereocenters. The van der Waals surface area contributed by atoms with Gasteiger partial charge in [0.05, 0.1) is 0 Å². The first-order valence-corrected chi connectivity index (χ1v) is 9.11. The summed E-state index contributed by atoms with van der Waals surface area (Å²) in [6, 6.07) is 24.1. The van der Waals surface area contributed by atoms with Crippen LogP contribution in [0.2, 0.25) is 0 Å². The van der Waals surface area contributed by atoms with Crippen molar-refractivity contribution in [1.82, 2.24) is 9.55 Å². The van der Waals surface area contributed by atoms with Crippen molar-refractivity contribution in [1.29, 1.82) is 0 Å². The fraction of sp³-hybridized carbons (Fsp3) is 0.130. The second kappa shape index (κ2) is 7.87. The molecule has 27 heavy (non-hydrogen) atoms. The molecule has 0 saturated heterocycles. The van der Waals surface area contributed by atoms with Gasteiger partial charge in [-0.3, -0.25) is 4.79 Å². The van der Waals surface area contributed by atoms with E-state index in [-0.39, 0.29) is 5.91 Å². The van der Waals surface area contributed by atoms with Gasteiger partial charge >= 0.3 is 0 Å². The summed E-state index contributed by atoms with van der Waals surface area (Å²) in [5.41, 5.74) is 4.11. The second-order valence-electron chi connectivity index (χ2n) is 6.54. The van der Waals surface area contributed by atoms with Gasteiger partial charge in [-0.25, -0.2) is 0 Å². The average Bonchev–Trinajstić information content (AvgIpc) is 3.12. The average molecular weight is 355 g/mol. The Bertz CT molecular complexity index is 1120. The van der Waals surface area contributed by atoms with E-state index in [1.165, 1.54) is 10.9 Å². The highest BCUT2D eigenvalue weighted by Crippen LogP contribution is 2.19. The van der Waals surface area contributed by atoms with Crippen LogP contribution in [0.1, 0.15) is 17.5 Å². The Morgan fingerprint density at radius 3 is 2.59 bits per heavy atom. The highest BCUT2D eigenvalue weighted by atomic mass is 16.1. The molecule has 134 valence electrons. The second-order valence-corrected chi connectivity index (χ2v) is 6.54. The molecular formula is C23H21N3O. The van der Waals surface area contributed by atoms with Crippen molar-refractivity contribution in [3.05, 3.63) is 102 Å². The number of amides is 1.